The average molecular weight is 224 g/mol. The lowest BCUT2D eigenvalue weighted by Crippen LogP contribution is -2.41. The summed E-state index contributed by atoms with van der Waals surface area (Å²) in [6.45, 7) is 6.61. The van der Waals surface area contributed by atoms with Gasteiger partial charge < -0.3 is 10.2 Å². The van der Waals surface area contributed by atoms with Crippen molar-refractivity contribution < 1.29 is 4.79 Å². The van der Waals surface area contributed by atoms with Crippen LogP contribution in [0.5, 0.6) is 0 Å². The van der Waals surface area contributed by atoms with E-state index in [1.54, 1.807) is 0 Å². The quantitative estimate of drug-likeness (QED) is 0.790. The number of hydrogen-bond acceptors (Lipinski definition) is 2. The van der Waals surface area contributed by atoms with Crippen LogP contribution in [0.25, 0.3) is 0 Å². The standard InChI is InChI=1S/C13H24N2O/c1-11(12-5-7-14-8-6-12)10-15-9-3-2-4-13(15)16/h11-12,14H,2-10H2,1H3/t11-/m0/s1. The maximum absolute atomic E-state index is 11.7. The molecule has 0 bridgehead atoms. The molecule has 0 saturated carbocycles. The van der Waals surface area contributed by atoms with E-state index < -0.39 is 0 Å². The fourth-order valence-electron chi connectivity index (χ4n) is 2.96. The first kappa shape index (κ1) is 11.9. The molecule has 1 amide bonds. The van der Waals surface area contributed by atoms with Crippen LogP contribution in [0, 0.1) is 11.8 Å². The summed E-state index contributed by atoms with van der Waals surface area (Å²) in [4.78, 5) is 13.8. The third-order valence-corrected chi connectivity index (χ3v) is 4.12. The summed E-state index contributed by atoms with van der Waals surface area (Å²) in [7, 11) is 0. The van der Waals surface area contributed by atoms with Gasteiger partial charge in [-0.3, -0.25) is 4.79 Å². The van der Waals surface area contributed by atoms with E-state index in [-0.39, 0.29) is 0 Å². The van der Waals surface area contributed by atoms with Gasteiger partial charge in [0.2, 0.25) is 5.91 Å². The highest BCUT2D eigenvalue weighted by molar-refractivity contribution is 5.76. The summed E-state index contributed by atoms with van der Waals surface area (Å²) >= 11 is 0. The lowest BCUT2D eigenvalue weighted by atomic mass is 9.85. The van der Waals surface area contributed by atoms with E-state index in [0.29, 0.717) is 11.8 Å². The fourth-order valence-corrected chi connectivity index (χ4v) is 2.96. The Kier molecular flexibility index (Phi) is 4.22. The second kappa shape index (κ2) is 5.67. The minimum Gasteiger partial charge on any atom is -0.342 e. The van der Waals surface area contributed by atoms with Crippen LogP contribution in [0.1, 0.15) is 39.0 Å². The summed E-state index contributed by atoms with van der Waals surface area (Å²) in [6, 6.07) is 0. The monoisotopic (exact) mass is 224 g/mol. The SMILES string of the molecule is C[C@@H](CN1CCCCC1=O)C1CCNCC1. The Morgan fingerprint density at radius 3 is 2.81 bits per heavy atom. The highest BCUT2D eigenvalue weighted by Crippen LogP contribution is 2.23. The number of carbonyl (C=O) groups excluding carboxylic acids is 1. The Bertz CT molecular complexity index is 236. The number of carbonyl (C=O) groups is 1. The highest BCUT2D eigenvalue weighted by Gasteiger charge is 2.25. The number of nitrogens with zero attached hydrogens (tertiary/aromatic N) is 1. The Morgan fingerprint density at radius 2 is 2.12 bits per heavy atom. The molecule has 3 nitrogen and oxygen atoms in total. The molecule has 0 aromatic rings. The van der Waals surface area contributed by atoms with Gasteiger partial charge in [0.1, 0.15) is 0 Å². The molecule has 0 spiro atoms. The van der Waals surface area contributed by atoms with E-state index in [1.165, 1.54) is 19.3 Å². The molecule has 0 unspecified atom stereocenters. The molecule has 2 rings (SSSR count). The van der Waals surface area contributed by atoms with Gasteiger partial charge in [0, 0.05) is 19.5 Å². The van der Waals surface area contributed by atoms with Crippen LogP contribution in [0.15, 0.2) is 0 Å². The van der Waals surface area contributed by atoms with Crippen LogP contribution in [0.3, 0.4) is 0 Å². The first-order chi connectivity index (χ1) is 7.77. The van der Waals surface area contributed by atoms with Gasteiger partial charge in [-0.15, -0.1) is 0 Å². The zero-order valence-corrected chi connectivity index (χ0v) is 10.4. The van der Waals surface area contributed by atoms with Gasteiger partial charge in [0.05, 0.1) is 0 Å². The van der Waals surface area contributed by atoms with Gasteiger partial charge in [-0.2, -0.15) is 0 Å². The summed E-state index contributed by atoms with van der Waals surface area (Å²) in [5.41, 5.74) is 0. The summed E-state index contributed by atoms with van der Waals surface area (Å²) in [6.07, 6.45) is 5.63. The van der Waals surface area contributed by atoms with E-state index in [9.17, 15) is 4.79 Å². The van der Waals surface area contributed by atoms with Crippen molar-refractivity contribution in [2.75, 3.05) is 26.2 Å². The van der Waals surface area contributed by atoms with E-state index in [1.807, 2.05) is 0 Å². The van der Waals surface area contributed by atoms with Crippen molar-refractivity contribution in [3.63, 3.8) is 0 Å². The van der Waals surface area contributed by atoms with Crippen molar-refractivity contribution in [1.29, 1.82) is 0 Å². The number of nitrogens with one attached hydrogen (secondary N) is 1. The third kappa shape index (κ3) is 2.97. The molecule has 2 aliphatic heterocycles. The zero-order valence-electron chi connectivity index (χ0n) is 10.4. The Balaban J connectivity index is 1.80. The molecule has 2 heterocycles. The second-order valence-corrected chi connectivity index (χ2v) is 5.36. The minimum absolute atomic E-state index is 0.382. The molecular formula is C13H24N2O. The van der Waals surface area contributed by atoms with Gasteiger partial charge in [-0.05, 0) is 50.6 Å². The molecule has 2 fully saturated rings. The number of likely N-dealkylation sites (tertiary alicyclic amines) is 1. The molecule has 2 saturated heterocycles. The average Bonchev–Trinajstić information content (AvgIpc) is 2.33. The van der Waals surface area contributed by atoms with Crippen molar-refractivity contribution in [2.45, 2.75) is 39.0 Å². The topological polar surface area (TPSA) is 32.3 Å². The van der Waals surface area contributed by atoms with Crippen LogP contribution in [-0.4, -0.2) is 37.0 Å². The van der Waals surface area contributed by atoms with E-state index in [2.05, 4.69) is 17.1 Å². The molecule has 0 aliphatic carbocycles. The third-order valence-electron chi connectivity index (χ3n) is 4.12. The molecular weight excluding hydrogens is 200 g/mol. The first-order valence-corrected chi connectivity index (χ1v) is 6.76. The molecule has 1 N–H and O–H groups in total. The van der Waals surface area contributed by atoms with Gasteiger partial charge >= 0.3 is 0 Å². The minimum atomic E-state index is 0.382. The number of rotatable bonds is 3. The normalized spacial score (nSPS) is 25.8. The maximum Gasteiger partial charge on any atom is 0.222 e. The van der Waals surface area contributed by atoms with Gasteiger partial charge in [0.15, 0.2) is 0 Å². The van der Waals surface area contributed by atoms with Crippen molar-refractivity contribution in [3.8, 4) is 0 Å². The van der Waals surface area contributed by atoms with Crippen molar-refractivity contribution >= 4 is 5.91 Å². The van der Waals surface area contributed by atoms with E-state index in [4.69, 9.17) is 0 Å². The van der Waals surface area contributed by atoms with Crippen LogP contribution in [0.4, 0.5) is 0 Å². The predicted molar refractivity (Wildman–Crippen MR) is 65.2 cm³/mol. The van der Waals surface area contributed by atoms with Crippen molar-refractivity contribution in [2.24, 2.45) is 11.8 Å². The molecule has 3 heteroatoms. The van der Waals surface area contributed by atoms with Crippen LogP contribution >= 0.6 is 0 Å². The first-order valence-electron chi connectivity index (χ1n) is 6.76. The fraction of sp³-hybridized carbons (Fsp3) is 0.923. The highest BCUT2D eigenvalue weighted by atomic mass is 16.2. The van der Waals surface area contributed by atoms with Crippen molar-refractivity contribution in [1.82, 2.24) is 10.2 Å². The molecule has 92 valence electrons. The van der Waals surface area contributed by atoms with Crippen LogP contribution in [0.2, 0.25) is 0 Å². The Morgan fingerprint density at radius 1 is 1.38 bits per heavy atom. The van der Waals surface area contributed by atoms with Gasteiger partial charge in [-0.1, -0.05) is 6.92 Å². The Hall–Kier alpha value is -0.570. The second-order valence-electron chi connectivity index (χ2n) is 5.36. The van der Waals surface area contributed by atoms with E-state index >= 15 is 0 Å². The largest absolute Gasteiger partial charge is 0.342 e. The number of piperidine rings is 2. The lowest BCUT2D eigenvalue weighted by molar-refractivity contribution is -0.134. The van der Waals surface area contributed by atoms with Crippen molar-refractivity contribution in [3.05, 3.63) is 0 Å². The van der Waals surface area contributed by atoms with Gasteiger partial charge in [0.25, 0.3) is 0 Å². The van der Waals surface area contributed by atoms with Gasteiger partial charge in [-0.25, -0.2) is 0 Å². The molecule has 0 aromatic carbocycles. The molecule has 0 radical (unpaired) electrons. The molecule has 2 aliphatic rings. The number of hydrogen-bond donors (Lipinski definition) is 1. The van der Waals surface area contributed by atoms with Crippen LogP contribution in [-0.2, 0) is 4.79 Å². The van der Waals surface area contributed by atoms with E-state index in [0.717, 1.165) is 44.9 Å². The number of amides is 1. The Labute approximate surface area is 98.6 Å². The predicted octanol–water partition coefficient (Wildman–Crippen LogP) is 1.63. The lowest BCUT2D eigenvalue weighted by Gasteiger charge is -2.34. The summed E-state index contributed by atoms with van der Waals surface area (Å²) < 4.78 is 0. The summed E-state index contributed by atoms with van der Waals surface area (Å²) in [5, 5.41) is 3.40. The molecule has 1 atom stereocenters. The molecule has 0 aromatic heterocycles. The summed E-state index contributed by atoms with van der Waals surface area (Å²) in [5.74, 6) is 1.87. The van der Waals surface area contributed by atoms with Crippen LogP contribution < -0.4 is 5.32 Å². The molecule has 16 heavy (non-hydrogen) atoms. The smallest absolute Gasteiger partial charge is 0.222 e. The zero-order chi connectivity index (χ0) is 11.4. The maximum atomic E-state index is 11.7.